The quantitative estimate of drug-likeness (QED) is 0.121. The van der Waals surface area contributed by atoms with Crippen LogP contribution in [-0.2, 0) is 30.3 Å². The van der Waals surface area contributed by atoms with Crippen LogP contribution in [0.15, 0.2) is 61.2 Å². The third-order valence-corrected chi connectivity index (χ3v) is 7.52. The van der Waals surface area contributed by atoms with E-state index in [2.05, 4.69) is 24.1 Å². The van der Waals surface area contributed by atoms with E-state index in [4.69, 9.17) is 9.47 Å². The van der Waals surface area contributed by atoms with Gasteiger partial charge >= 0.3 is 12.1 Å². The van der Waals surface area contributed by atoms with Gasteiger partial charge in [-0.1, -0.05) is 100 Å². The lowest BCUT2D eigenvalue weighted by Gasteiger charge is -2.35. The number of hydrogen-bond donors (Lipinski definition) is 3. The standard InChI is InChI=1S/C39H57N3O7/c1-9-11-12-13-14-18-24-42(35(45)32(27-43)41-37(47)49-39(6,7)8)33(30-23-19-22-28(10-2)25-30)34(44)40-31(36(46)48-38(3,4)5)26-29-20-16-15-17-21-29/h10,15-17,19-23,25,31-33,43H,2,9,11-14,18,24,26-27H2,1,3-8H3,(H,40,44)(H,41,47). The van der Waals surface area contributed by atoms with Crippen molar-refractivity contribution in [1.82, 2.24) is 15.5 Å². The third-order valence-electron chi connectivity index (χ3n) is 7.52. The zero-order chi connectivity index (χ0) is 36.6. The van der Waals surface area contributed by atoms with Gasteiger partial charge in [-0.15, -0.1) is 0 Å². The lowest BCUT2D eigenvalue weighted by Crippen LogP contribution is -2.56. The summed E-state index contributed by atoms with van der Waals surface area (Å²) in [5, 5.41) is 15.7. The molecule has 270 valence electrons. The number of esters is 1. The fourth-order valence-corrected chi connectivity index (χ4v) is 5.26. The minimum Gasteiger partial charge on any atom is -0.458 e. The molecule has 49 heavy (non-hydrogen) atoms. The van der Waals surface area contributed by atoms with E-state index in [1.807, 2.05) is 36.4 Å². The van der Waals surface area contributed by atoms with E-state index < -0.39 is 59.8 Å². The molecule has 3 N–H and O–H groups in total. The molecule has 2 aromatic carbocycles. The van der Waals surface area contributed by atoms with E-state index in [1.165, 1.54) is 4.90 Å². The third kappa shape index (κ3) is 14.9. The Morgan fingerprint density at radius 2 is 1.47 bits per heavy atom. The Balaban J connectivity index is 2.60. The van der Waals surface area contributed by atoms with Crippen molar-refractivity contribution in [2.75, 3.05) is 13.2 Å². The number of ether oxygens (including phenoxy) is 2. The van der Waals surface area contributed by atoms with Crippen molar-refractivity contribution < 1.29 is 33.8 Å². The number of rotatable bonds is 18. The zero-order valence-electron chi connectivity index (χ0n) is 30.4. The van der Waals surface area contributed by atoms with E-state index in [9.17, 15) is 24.3 Å². The number of hydrogen-bond acceptors (Lipinski definition) is 7. The van der Waals surface area contributed by atoms with Gasteiger partial charge in [0.05, 0.1) is 6.61 Å². The number of aliphatic hydroxyl groups is 1. The zero-order valence-corrected chi connectivity index (χ0v) is 30.4. The molecule has 0 aliphatic carbocycles. The molecule has 10 heteroatoms. The predicted octanol–water partition coefficient (Wildman–Crippen LogP) is 6.51. The number of amides is 3. The Hall–Kier alpha value is -4.18. The normalized spacial score (nSPS) is 13.4. The van der Waals surface area contributed by atoms with Gasteiger partial charge in [-0.05, 0) is 70.7 Å². The number of carbonyl (C=O) groups excluding carboxylic acids is 4. The second kappa shape index (κ2) is 19.7. The Labute approximate surface area is 292 Å². The van der Waals surface area contributed by atoms with Gasteiger partial charge in [0, 0.05) is 13.0 Å². The van der Waals surface area contributed by atoms with Gasteiger partial charge in [0.15, 0.2) is 0 Å². The fourth-order valence-electron chi connectivity index (χ4n) is 5.26. The first-order chi connectivity index (χ1) is 23.1. The first-order valence-corrected chi connectivity index (χ1v) is 17.3. The molecule has 0 heterocycles. The molecule has 2 rings (SSSR count). The van der Waals surface area contributed by atoms with Crippen molar-refractivity contribution in [1.29, 1.82) is 0 Å². The average Bonchev–Trinajstić information content (AvgIpc) is 3.02. The Bertz CT molecular complexity index is 1360. The maximum absolute atomic E-state index is 14.5. The Morgan fingerprint density at radius 3 is 2.06 bits per heavy atom. The number of nitrogens with zero attached hydrogens (tertiary/aromatic N) is 1. The highest BCUT2D eigenvalue weighted by Gasteiger charge is 2.38. The molecule has 0 saturated heterocycles. The molecule has 3 atom stereocenters. The second-order valence-corrected chi connectivity index (χ2v) is 14.2. The van der Waals surface area contributed by atoms with Gasteiger partial charge in [0.25, 0.3) is 0 Å². The fraction of sp³-hybridized carbons (Fsp3) is 0.538. The summed E-state index contributed by atoms with van der Waals surface area (Å²) in [7, 11) is 0. The van der Waals surface area contributed by atoms with Crippen molar-refractivity contribution in [3.63, 3.8) is 0 Å². The molecule has 0 aliphatic rings. The smallest absolute Gasteiger partial charge is 0.408 e. The highest BCUT2D eigenvalue weighted by molar-refractivity contribution is 5.94. The summed E-state index contributed by atoms with van der Waals surface area (Å²) in [6, 6.07) is 12.7. The van der Waals surface area contributed by atoms with Crippen LogP contribution in [0.1, 0.15) is 110 Å². The summed E-state index contributed by atoms with van der Waals surface area (Å²) >= 11 is 0. The summed E-state index contributed by atoms with van der Waals surface area (Å²) < 4.78 is 11.1. The first-order valence-electron chi connectivity index (χ1n) is 17.3. The van der Waals surface area contributed by atoms with Crippen molar-refractivity contribution in [2.45, 2.75) is 123 Å². The molecule has 0 radical (unpaired) electrons. The number of benzene rings is 2. The molecule has 0 aromatic heterocycles. The van der Waals surface area contributed by atoms with Gasteiger partial charge in [0.2, 0.25) is 11.8 Å². The van der Waals surface area contributed by atoms with Crippen LogP contribution < -0.4 is 10.6 Å². The molecule has 2 aromatic rings. The van der Waals surface area contributed by atoms with E-state index in [-0.39, 0.29) is 13.0 Å². The van der Waals surface area contributed by atoms with Crippen LogP contribution in [0.5, 0.6) is 0 Å². The molecule has 3 unspecified atom stereocenters. The van der Waals surface area contributed by atoms with E-state index in [1.54, 1.807) is 65.8 Å². The molecular formula is C39H57N3O7. The molecule has 0 spiro atoms. The minimum atomic E-state index is -1.39. The van der Waals surface area contributed by atoms with Crippen molar-refractivity contribution >= 4 is 30.0 Å². The van der Waals surface area contributed by atoms with E-state index in [0.717, 1.165) is 43.2 Å². The summed E-state index contributed by atoms with van der Waals surface area (Å²) in [5.41, 5.74) is 0.363. The summed E-state index contributed by atoms with van der Waals surface area (Å²) in [5.74, 6) is -1.89. The van der Waals surface area contributed by atoms with Crippen LogP contribution in [0, 0.1) is 0 Å². The van der Waals surface area contributed by atoms with Crippen LogP contribution in [0.25, 0.3) is 6.08 Å². The highest BCUT2D eigenvalue weighted by atomic mass is 16.6. The lowest BCUT2D eigenvalue weighted by molar-refractivity contribution is -0.159. The average molecular weight is 680 g/mol. The molecule has 0 fully saturated rings. The van der Waals surface area contributed by atoms with Gasteiger partial charge in [0.1, 0.15) is 29.3 Å². The molecule has 10 nitrogen and oxygen atoms in total. The monoisotopic (exact) mass is 679 g/mol. The number of aliphatic hydroxyl groups excluding tert-OH is 1. The summed E-state index contributed by atoms with van der Waals surface area (Å²) in [6.45, 7) is 15.8. The molecule has 0 saturated carbocycles. The maximum Gasteiger partial charge on any atom is 0.408 e. The summed E-state index contributed by atoms with van der Waals surface area (Å²) in [4.78, 5) is 56.5. The van der Waals surface area contributed by atoms with Gasteiger partial charge in [-0.2, -0.15) is 0 Å². The van der Waals surface area contributed by atoms with Gasteiger partial charge < -0.3 is 30.1 Å². The van der Waals surface area contributed by atoms with Crippen molar-refractivity contribution in [3.8, 4) is 0 Å². The lowest BCUT2D eigenvalue weighted by atomic mass is 9.98. The van der Waals surface area contributed by atoms with Crippen LogP contribution in [0.2, 0.25) is 0 Å². The Kier molecular flexibility index (Phi) is 16.5. The van der Waals surface area contributed by atoms with E-state index >= 15 is 0 Å². The SMILES string of the molecule is C=Cc1cccc(C(C(=O)NC(Cc2ccccc2)C(=O)OC(C)(C)C)N(CCCCCCCC)C(=O)C(CO)NC(=O)OC(C)(C)C)c1. The maximum atomic E-state index is 14.5. The van der Waals surface area contributed by atoms with Crippen molar-refractivity contribution in [3.05, 3.63) is 77.9 Å². The second-order valence-electron chi connectivity index (χ2n) is 14.2. The van der Waals surface area contributed by atoms with Crippen molar-refractivity contribution in [2.24, 2.45) is 0 Å². The highest BCUT2D eigenvalue weighted by Crippen LogP contribution is 2.26. The largest absolute Gasteiger partial charge is 0.458 e. The van der Waals surface area contributed by atoms with Crippen LogP contribution in [0.3, 0.4) is 0 Å². The summed E-state index contributed by atoms with van der Waals surface area (Å²) in [6.07, 6.45) is 6.49. The number of unbranched alkanes of at least 4 members (excludes halogenated alkanes) is 5. The minimum absolute atomic E-state index is 0.156. The number of nitrogens with one attached hydrogen (secondary N) is 2. The predicted molar refractivity (Wildman–Crippen MR) is 193 cm³/mol. The van der Waals surface area contributed by atoms with Crippen LogP contribution in [-0.4, -0.2) is 70.3 Å². The Morgan fingerprint density at radius 1 is 0.837 bits per heavy atom. The molecule has 0 bridgehead atoms. The number of carbonyl (C=O) groups is 4. The molecule has 0 aliphatic heterocycles. The molecular weight excluding hydrogens is 622 g/mol. The number of alkyl carbamates (subject to hydrolysis) is 1. The van der Waals surface area contributed by atoms with Gasteiger partial charge in [-0.3, -0.25) is 9.59 Å². The van der Waals surface area contributed by atoms with Crippen LogP contribution in [0.4, 0.5) is 4.79 Å². The first kappa shape index (κ1) is 41.0. The van der Waals surface area contributed by atoms with E-state index in [0.29, 0.717) is 12.0 Å². The molecule has 3 amide bonds. The van der Waals surface area contributed by atoms with Crippen LogP contribution >= 0.6 is 0 Å². The van der Waals surface area contributed by atoms with Gasteiger partial charge in [-0.25, -0.2) is 9.59 Å². The topological polar surface area (TPSA) is 134 Å².